The second-order valence-electron chi connectivity index (χ2n) is 7.28. The molecule has 0 heterocycles. The van der Waals surface area contributed by atoms with Crippen LogP contribution in [0.15, 0.2) is 54.6 Å². The van der Waals surface area contributed by atoms with Crippen molar-refractivity contribution in [3.8, 4) is 11.5 Å². The molecule has 0 saturated heterocycles. The molecule has 33 heavy (non-hydrogen) atoms. The Bertz CT molecular complexity index is 892. The third-order valence-electron chi connectivity index (χ3n) is 4.36. The van der Waals surface area contributed by atoms with E-state index in [1.165, 1.54) is 25.6 Å². The third-order valence-corrected chi connectivity index (χ3v) is 5.56. The van der Waals surface area contributed by atoms with Gasteiger partial charge in [0.1, 0.15) is 24.2 Å². The zero-order valence-electron chi connectivity index (χ0n) is 18.8. The average Bonchev–Trinajstić information content (AvgIpc) is 2.78. The van der Waals surface area contributed by atoms with Gasteiger partial charge in [0, 0.05) is 31.9 Å². The summed E-state index contributed by atoms with van der Waals surface area (Å²) in [6, 6.07) is 16.5. The number of rotatable bonds is 13. The lowest BCUT2D eigenvalue weighted by Gasteiger charge is -2.17. The van der Waals surface area contributed by atoms with Crippen molar-refractivity contribution in [1.29, 1.82) is 0 Å². The van der Waals surface area contributed by atoms with Gasteiger partial charge in [-0.05, 0) is 36.2 Å². The van der Waals surface area contributed by atoms with Crippen LogP contribution in [0.1, 0.15) is 19.4 Å². The predicted molar refractivity (Wildman–Crippen MR) is 127 cm³/mol. The smallest absolute Gasteiger partial charge is 0.303 e. The number of nitrogens with one attached hydrogen (secondary N) is 1. The van der Waals surface area contributed by atoms with E-state index in [1.807, 2.05) is 54.6 Å². The first-order valence-corrected chi connectivity index (χ1v) is 11.7. The molecule has 2 rings (SSSR count). The molecule has 0 aliphatic carbocycles. The van der Waals surface area contributed by atoms with Crippen molar-refractivity contribution in [3.63, 3.8) is 0 Å². The molecule has 0 fully saturated rings. The van der Waals surface area contributed by atoms with Crippen LogP contribution in [0.3, 0.4) is 0 Å². The molecule has 2 aromatic carbocycles. The van der Waals surface area contributed by atoms with Gasteiger partial charge in [0.2, 0.25) is 5.91 Å². The molecule has 0 spiro atoms. The summed E-state index contributed by atoms with van der Waals surface area (Å²) in [5, 5.41) is 2.83. The first kappa shape index (κ1) is 26.2. The Balaban J connectivity index is 1.67. The lowest BCUT2D eigenvalue weighted by atomic mass is 10.1. The molecule has 1 amide bonds. The van der Waals surface area contributed by atoms with E-state index in [4.69, 9.17) is 19.9 Å². The van der Waals surface area contributed by atoms with Gasteiger partial charge in [-0.3, -0.25) is 14.4 Å². The van der Waals surface area contributed by atoms with E-state index in [2.05, 4.69) is 5.32 Å². The lowest BCUT2D eigenvalue weighted by Crippen LogP contribution is -2.43. The number of carbonyl (C=O) groups is 3. The summed E-state index contributed by atoms with van der Waals surface area (Å²) in [5.41, 5.74) is 7.02. The molecule has 0 saturated carbocycles. The van der Waals surface area contributed by atoms with E-state index < -0.39 is 24.1 Å². The largest absolute Gasteiger partial charge is 0.462 e. The third kappa shape index (κ3) is 10.9. The van der Waals surface area contributed by atoms with Crippen LogP contribution in [0, 0.1) is 0 Å². The second kappa shape index (κ2) is 14.2. The van der Waals surface area contributed by atoms with E-state index in [0.717, 1.165) is 17.1 Å². The normalized spacial score (nSPS) is 12.3. The predicted octanol–water partition coefficient (Wildman–Crippen LogP) is 2.69. The Kier molecular flexibility index (Phi) is 11.3. The maximum atomic E-state index is 12.2. The standard InChI is InChI=1S/C24H30N2O6S/c1-17(27)30-14-22(31-18(2)28)15-33-16-23(25)24(29)26-13-12-19-8-10-21(11-9-19)32-20-6-4-3-5-7-20/h3-11,22-23H,12-16,25H2,1-2H3,(H,26,29)/t22-,23+/m1/s1. The number of hydrogen-bond acceptors (Lipinski definition) is 8. The molecule has 3 N–H and O–H groups in total. The van der Waals surface area contributed by atoms with Crippen molar-refractivity contribution in [1.82, 2.24) is 5.32 Å². The number of thioether (sulfide) groups is 1. The molecule has 9 heteroatoms. The quantitative estimate of drug-likeness (QED) is 0.426. The number of benzene rings is 2. The first-order valence-electron chi connectivity index (χ1n) is 10.6. The highest BCUT2D eigenvalue weighted by Crippen LogP contribution is 2.21. The van der Waals surface area contributed by atoms with E-state index in [9.17, 15) is 14.4 Å². The fourth-order valence-electron chi connectivity index (χ4n) is 2.77. The Morgan fingerprint density at radius 2 is 1.61 bits per heavy atom. The molecule has 0 aliphatic rings. The molecule has 0 bridgehead atoms. The summed E-state index contributed by atoms with van der Waals surface area (Å²) in [4.78, 5) is 34.4. The van der Waals surface area contributed by atoms with E-state index in [0.29, 0.717) is 24.5 Å². The van der Waals surface area contributed by atoms with Gasteiger partial charge in [0.25, 0.3) is 0 Å². The number of esters is 2. The highest BCUT2D eigenvalue weighted by atomic mass is 32.2. The zero-order valence-corrected chi connectivity index (χ0v) is 19.6. The maximum Gasteiger partial charge on any atom is 0.303 e. The van der Waals surface area contributed by atoms with Crippen molar-refractivity contribution in [3.05, 3.63) is 60.2 Å². The molecule has 0 aliphatic heterocycles. The molecule has 2 atom stereocenters. The van der Waals surface area contributed by atoms with Crippen molar-refractivity contribution in [2.24, 2.45) is 5.73 Å². The minimum Gasteiger partial charge on any atom is -0.462 e. The zero-order chi connectivity index (χ0) is 24.1. The van der Waals surface area contributed by atoms with E-state index in [-0.39, 0.29) is 12.5 Å². The van der Waals surface area contributed by atoms with Crippen molar-refractivity contribution in [2.75, 3.05) is 24.7 Å². The van der Waals surface area contributed by atoms with Crippen LogP contribution in [-0.2, 0) is 30.3 Å². The summed E-state index contributed by atoms with van der Waals surface area (Å²) in [6.07, 6.45) is 0.0780. The van der Waals surface area contributed by atoms with Gasteiger partial charge in [-0.2, -0.15) is 11.8 Å². The summed E-state index contributed by atoms with van der Waals surface area (Å²) < 4.78 is 15.8. The van der Waals surface area contributed by atoms with Gasteiger partial charge in [-0.15, -0.1) is 0 Å². The van der Waals surface area contributed by atoms with Gasteiger partial charge in [-0.1, -0.05) is 30.3 Å². The van der Waals surface area contributed by atoms with Crippen LogP contribution in [0.2, 0.25) is 0 Å². The molecule has 0 unspecified atom stereocenters. The SMILES string of the molecule is CC(=O)OC[C@H](CSC[C@H](N)C(=O)NCCc1ccc(Oc2ccccc2)cc1)OC(C)=O. The van der Waals surface area contributed by atoms with Gasteiger partial charge >= 0.3 is 11.9 Å². The van der Waals surface area contributed by atoms with Gasteiger partial charge in [0.15, 0.2) is 0 Å². The fraction of sp³-hybridized carbons (Fsp3) is 0.375. The molecule has 2 aromatic rings. The maximum absolute atomic E-state index is 12.2. The summed E-state index contributed by atoms with van der Waals surface area (Å²) in [6.45, 7) is 3.00. The minimum atomic E-state index is -0.705. The molecular weight excluding hydrogens is 444 g/mol. The van der Waals surface area contributed by atoms with Gasteiger partial charge in [0.05, 0.1) is 6.04 Å². The minimum absolute atomic E-state index is 0.0292. The molecule has 178 valence electrons. The van der Waals surface area contributed by atoms with Gasteiger partial charge < -0.3 is 25.3 Å². The molecule has 0 aromatic heterocycles. The fourth-order valence-corrected chi connectivity index (χ4v) is 3.74. The van der Waals surface area contributed by atoms with Crippen LogP contribution in [-0.4, -0.2) is 54.6 Å². The van der Waals surface area contributed by atoms with Crippen LogP contribution >= 0.6 is 11.8 Å². The Morgan fingerprint density at radius 1 is 0.939 bits per heavy atom. The topological polar surface area (TPSA) is 117 Å². The van der Waals surface area contributed by atoms with Gasteiger partial charge in [-0.25, -0.2) is 0 Å². The molecule has 0 radical (unpaired) electrons. The number of para-hydroxylation sites is 1. The number of nitrogens with two attached hydrogens (primary N) is 1. The van der Waals surface area contributed by atoms with Crippen molar-refractivity contribution < 1.29 is 28.6 Å². The first-order chi connectivity index (χ1) is 15.8. The number of hydrogen-bond donors (Lipinski definition) is 2. The molecular formula is C24H30N2O6S. The Labute approximate surface area is 198 Å². The number of amides is 1. The van der Waals surface area contributed by atoms with Crippen molar-refractivity contribution in [2.45, 2.75) is 32.4 Å². The average molecular weight is 475 g/mol. The van der Waals surface area contributed by atoms with E-state index >= 15 is 0 Å². The summed E-state index contributed by atoms with van der Waals surface area (Å²) >= 11 is 1.36. The number of ether oxygens (including phenoxy) is 3. The molecule has 8 nitrogen and oxygen atoms in total. The van der Waals surface area contributed by atoms with Crippen LogP contribution < -0.4 is 15.8 Å². The van der Waals surface area contributed by atoms with Crippen LogP contribution in [0.4, 0.5) is 0 Å². The number of carbonyl (C=O) groups excluding carboxylic acids is 3. The summed E-state index contributed by atoms with van der Waals surface area (Å²) in [7, 11) is 0. The highest BCUT2D eigenvalue weighted by Gasteiger charge is 2.17. The highest BCUT2D eigenvalue weighted by molar-refractivity contribution is 7.99. The lowest BCUT2D eigenvalue weighted by molar-refractivity contribution is -0.154. The summed E-state index contributed by atoms with van der Waals surface area (Å²) in [5.74, 6) is 1.06. The monoisotopic (exact) mass is 474 g/mol. The Morgan fingerprint density at radius 3 is 2.24 bits per heavy atom. The Hall–Kier alpha value is -3.04. The van der Waals surface area contributed by atoms with Crippen LogP contribution in [0.25, 0.3) is 0 Å². The van der Waals surface area contributed by atoms with Crippen molar-refractivity contribution >= 4 is 29.6 Å². The van der Waals surface area contributed by atoms with Crippen LogP contribution in [0.5, 0.6) is 11.5 Å². The second-order valence-corrected chi connectivity index (χ2v) is 8.35. The van der Waals surface area contributed by atoms with E-state index in [1.54, 1.807) is 0 Å².